The minimum Gasteiger partial charge on any atom is -0.382 e. The maximum atomic E-state index is 14.1. The normalized spacial score (nSPS) is 11.5. The Balaban J connectivity index is 1.91. The molecule has 0 amide bonds. The Morgan fingerprint density at radius 3 is 2.68 bits per heavy atom. The summed E-state index contributed by atoms with van der Waals surface area (Å²) >= 11 is 0. The van der Waals surface area contributed by atoms with Crippen LogP contribution in [0.25, 0.3) is 22.0 Å². The van der Waals surface area contributed by atoms with E-state index in [-0.39, 0.29) is 23.2 Å². The largest absolute Gasteiger partial charge is 0.382 e. The third-order valence-electron chi connectivity index (χ3n) is 4.95. The van der Waals surface area contributed by atoms with Crippen molar-refractivity contribution < 1.29 is 4.39 Å². The van der Waals surface area contributed by atoms with Crippen LogP contribution in [0.4, 0.5) is 16.0 Å². The Bertz CT molecular complexity index is 1390. The molecular formula is C23H16FN7. The lowest BCUT2D eigenvalue weighted by atomic mass is 9.92. The topological polar surface area (TPSA) is 124 Å². The molecule has 3 N–H and O–H groups in total. The molecule has 150 valence electrons. The fourth-order valence-corrected chi connectivity index (χ4v) is 3.48. The molecule has 0 aliphatic rings. The van der Waals surface area contributed by atoms with Crippen molar-refractivity contribution in [1.29, 1.82) is 10.5 Å². The van der Waals surface area contributed by atoms with Crippen molar-refractivity contribution in [2.75, 3.05) is 11.1 Å². The monoisotopic (exact) mass is 409 g/mol. The number of hydrogen-bond donors (Lipinski definition) is 2. The predicted octanol–water partition coefficient (Wildman–Crippen LogP) is 4.33. The summed E-state index contributed by atoms with van der Waals surface area (Å²) in [4.78, 5) is 12.5. The number of nitrogen functional groups attached to an aromatic ring is 1. The summed E-state index contributed by atoms with van der Waals surface area (Å²) in [6.45, 7) is 1.87. The lowest BCUT2D eigenvalue weighted by molar-refractivity contribution is 0.629. The van der Waals surface area contributed by atoms with E-state index in [1.54, 1.807) is 30.5 Å². The molecule has 0 fully saturated rings. The molecule has 0 spiro atoms. The van der Waals surface area contributed by atoms with Gasteiger partial charge in [0.05, 0.1) is 23.2 Å². The van der Waals surface area contributed by atoms with E-state index < -0.39 is 0 Å². The second-order valence-corrected chi connectivity index (χ2v) is 6.90. The second-order valence-electron chi connectivity index (χ2n) is 6.90. The third-order valence-corrected chi connectivity index (χ3v) is 4.95. The van der Waals surface area contributed by atoms with E-state index in [9.17, 15) is 14.9 Å². The number of nitrogens with zero attached hydrogens (tertiary/aromatic N) is 5. The molecule has 1 unspecified atom stereocenters. The Morgan fingerprint density at radius 2 is 1.90 bits per heavy atom. The van der Waals surface area contributed by atoms with Crippen LogP contribution in [0.2, 0.25) is 0 Å². The van der Waals surface area contributed by atoms with Crippen LogP contribution in [0.3, 0.4) is 0 Å². The molecule has 4 rings (SSSR count). The zero-order chi connectivity index (χ0) is 22.0. The van der Waals surface area contributed by atoms with Crippen molar-refractivity contribution in [3.63, 3.8) is 0 Å². The Labute approximate surface area is 177 Å². The van der Waals surface area contributed by atoms with Crippen molar-refractivity contribution in [1.82, 2.24) is 15.0 Å². The fraction of sp³-hybridized carbons (Fsp3) is 0.0870. The molecule has 0 aliphatic carbocycles. The summed E-state index contributed by atoms with van der Waals surface area (Å²) in [6, 6.07) is 15.3. The number of nitriles is 2. The number of aromatic nitrogens is 3. The van der Waals surface area contributed by atoms with Crippen molar-refractivity contribution in [3.05, 3.63) is 77.5 Å². The maximum Gasteiger partial charge on any atom is 0.150 e. The van der Waals surface area contributed by atoms with Crippen LogP contribution in [-0.4, -0.2) is 15.0 Å². The highest BCUT2D eigenvalue weighted by Crippen LogP contribution is 2.36. The molecule has 0 saturated carbocycles. The molecule has 0 aliphatic heterocycles. The smallest absolute Gasteiger partial charge is 0.150 e. The van der Waals surface area contributed by atoms with Gasteiger partial charge >= 0.3 is 0 Å². The van der Waals surface area contributed by atoms with E-state index in [0.717, 1.165) is 16.7 Å². The minimum atomic E-state index is -0.389. The van der Waals surface area contributed by atoms with Gasteiger partial charge in [-0.15, -0.1) is 0 Å². The highest BCUT2D eigenvalue weighted by molar-refractivity contribution is 5.96. The summed E-state index contributed by atoms with van der Waals surface area (Å²) in [5, 5.41) is 22.5. The number of halogens is 1. The number of nitrogens with two attached hydrogens (primary N) is 1. The Hall–Kier alpha value is -4.56. The molecule has 31 heavy (non-hydrogen) atoms. The highest BCUT2D eigenvalue weighted by Gasteiger charge is 2.19. The van der Waals surface area contributed by atoms with Crippen molar-refractivity contribution in [2.24, 2.45) is 0 Å². The average Bonchev–Trinajstić information content (AvgIpc) is 2.78. The quantitative estimate of drug-likeness (QED) is 0.514. The van der Waals surface area contributed by atoms with E-state index in [1.807, 2.05) is 19.1 Å². The van der Waals surface area contributed by atoms with E-state index in [2.05, 4.69) is 26.3 Å². The standard InChI is InChI=1S/C23H16FN7/c1-13(31-23-18(10-26)22(27)29-12-30-23)19-11-28-20-6-5-16(24)8-17(20)21(19)15-4-2-3-14(7-15)9-25/h2-8,11-13H,1H3,(H3,27,29,30,31). The van der Waals surface area contributed by atoms with Gasteiger partial charge in [-0.3, -0.25) is 4.98 Å². The molecule has 7 nitrogen and oxygen atoms in total. The molecule has 0 radical (unpaired) electrons. The molecule has 4 aromatic rings. The van der Waals surface area contributed by atoms with Gasteiger partial charge in [-0.25, -0.2) is 14.4 Å². The molecule has 8 heteroatoms. The van der Waals surface area contributed by atoms with Crippen LogP contribution in [-0.2, 0) is 0 Å². The third kappa shape index (κ3) is 3.70. The maximum absolute atomic E-state index is 14.1. The van der Waals surface area contributed by atoms with Crippen molar-refractivity contribution in [3.8, 4) is 23.3 Å². The van der Waals surface area contributed by atoms with E-state index >= 15 is 0 Å². The molecule has 0 saturated heterocycles. The summed E-state index contributed by atoms with van der Waals surface area (Å²) in [5.74, 6) is -0.0218. The van der Waals surface area contributed by atoms with Crippen LogP contribution in [0, 0.1) is 28.5 Å². The lowest BCUT2D eigenvalue weighted by Gasteiger charge is -2.21. The Morgan fingerprint density at radius 1 is 1.06 bits per heavy atom. The molecule has 2 aromatic carbocycles. The van der Waals surface area contributed by atoms with Gasteiger partial charge in [-0.2, -0.15) is 10.5 Å². The van der Waals surface area contributed by atoms with Crippen LogP contribution in [0.15, 0.2) is 55.0 Å². The SMILES string of the molecule is CC(Nc1ncnc(N)c1C#N)c1cnc2ccc(F)cc2c1-c1cccc(C#N)c1. The lowest BCUT2D eigenvalue weighted by Crippen LogP contribution is -2.12. The van der Waals surface area contributed by atoms with Gasteiger partial charge in [0.2, 0.25) is 0 Å². The van der Waals surface area contributed by atoms with Gasteiger partial charge in [0.1, 0.15) is 35.4 Å². The van der Waals surface area contributed by atoms with Crippen LogP contribution in [0.5, 0.6) is 0 Å². The second kappa shape index (κ2) is 8.05. The fourth-order valence-electron chi connectivity index (χ4n) is 3.48. The minimum absolute atomic E-state index is 0.0767. The first kappa shape index (κ1) is 19.7. The first-order chi connectivity index (χ1) is 15.0. The summed E-state index contributed by atoms with van der Waals surface area (Å²) in [5.41, 5.74) is 9.28. The number of nitrogens with one attached hydrogen (secondary N) is 1. The summed E-state index contributed by atoms with van der Waals surface area (Å²) in [7, 11) is 0. The van der Waals surface area contributed by atoms with Crippen molar-refractivity contribution >= 4 is 22.5 Å². The molecular weight excluding hydrogens is 393 g/mol. The number of pyridine rings is 1. The predicted molar refractivity (Wildman–Crippen MR) is 115 cm³/mol. The van der Waals surface area contributed by atoms with Gasteiger partial charge in [0.15, 0.2) is 0 Å². The molecule has 2 aromatic heterocycles. The van der Waals surface area contributed by atoms with Gasteiger partial charge in [0, 0.05) is 17.1 Å². The van der Waals surface area contributed by atoms with Crippen LogP contribution in [0.1, 0.15) is 29.7 Å². The van der Waals surface area contributed by atoms with Gasteiger partial charge in [-0.1, -0.05) is 12.1 Å². The molecule has 2 heterocycles. The number of hydrogen-bond acceptors (Lipinski definition) is 7. The van der Waals surface area contributed by atoms with Crippen LogP contribution < -0.4 is 11.1 Å². The highest BCUT2D eigenvalue weighted by atomic mass is 19.1. The van der Waals surface area contributed by atoms with E-state index in [0.29, 0.717) is 22.3 Å². The van der Waals surface area contributed by atoms with Crippen LogP contribution >= 0.6 is 0 Å². The zero-order valence-corrected chi connectivity index (χ0v) is 16.5. The number of benzene rings is 2. The van der Waals surface area contributed by atoms with E-state index in [1.165, 1.54) is 18.5 Å². The number of anilines is 2. The van der Waals surface area contributed by atoms with Gasteiger partial charge in [-0.05, 0) is 48.4 Å². The first-order valence-electron chi connectivity index (χ1n) is 9.37. The molecule has 0 bridgehead atoms. The Kier molecular flexibility index (Phi) is 5.13. The molecule has 1 atom stereocenters. The van der Waals surface area contributed by atoms with E-state index in [4.69, 9.17) is 5.73 Å². The van der Waals surface area contributed by atoms with Gasteiger partial charge in [0.25, 0.3) is 0 Å². The summed E-state index contributed by atoms with van der Waals surface area (Å²) in [6.07, 6.45) is 2.97. The number of fused-ring (bicyclic) bond motifs is 1. The summed E-state index contributed by atoms with van der Waals surface area (Å²) < 4.78 is 14.1. The first-order valence-corrected chi connectivity index (χ1v) is 9.37. The zero-order valence-electron chi connectivity index (χ0n) is 16.5. The number of rotatable bonds is 4. The van der Waals surface area contributed by atoms with Crippen molar-refractivity contribution in [2.45, 2.75) is 13.0 Å². The average molecular weight is 409 g/mol. The van der Waals surface area contributed by atoms with Gasteiger partial charge < -0.3 is 11.1 Å².